The van der Waals surface area contributed by atoms with Gasteiger partial charge in [0.05, 0.1) is 0 Å². The van der Waals surface area contributed by atoms with E-state index in [1.807, 2.05) is 0 Å². The third-order valence-corrected chi connectivity index (χ3v) is 5.33. The third-order valence-electron chi connectivity index (χ3n) is 4.35. The van der Waals surface area contributed by atoms with E-state index in [9.17, 15) is 9.59 Å². The fraction of sp³-hybridized carbons (Fsp3) is 0.500. The van der Waals surface area contributed by atoms with Gasteiger partial charge in [-0.25, -0.2) is 9.97 Å². The number of likely N-dealkylation sites (N-methyl/N-ethyl adjacent to an activating group) is 2. The number of nitrogens with zero attached hydrogens (tertiary/aromatic N) is 4. The van der Waals surface area contributed by atoms with Crippen molar-refractivity contribution in [2.45, 2.75) is 25.2 Å². The van der Waals surface area contributed by atoms with Gasteiger partial charge in [-0.2, -0.15) is 0 Å². The molecule has 1 saturated carbocycles. The Morgan fingerprint density at radius 3 is 2.36 bits per heavy atom. The highest BCUT2D eigenvalue weighted by molar-refractivity contribution is 7.14. The predicted octanol–water partition coefficient (Wildman–Crippen LogP) is 2.90. The van der Waals surface area contributed by atoms with E-state index in [-0.39, 0.29) is 11.8 Å². The molecule has 25 heavy (non-hydrogen) atoms. The van der Waals surface area contributed by atoms with Gasteiger partial charge in [0.1, 0.15) is 12.0 Å². The Kier molecular flexibility index (Phi) is 5.39. The highest BCUT2D eigenvalue weighted by atomic mass is 35.5. The lowest BCUT2D eigenvalue weighted by atomic mass is 9.85. The third kappa shape index (κ3) is 4.01. The molecule has 0 atom stereocenters. The monoisotopic (exact) mass is 382 g/mol. The average molecular weight is 383 g/mol. The van der Waals surface area contributed by atoms with Crippen LogP contribution in [0.25, 0.3) is 0 Å². The molecule has 0 saturated heterocycles. The summed E-state index contributed by atoms with van der Waals surface area (Å²) in [4.78, 5) is 35.9. The summed E-state index contributed by atoms with van der Waals surface area (Å²) in [5.74, 6) is 0.556. The number of amides is 2. The number of oxazole rings is 1. The molecule has 9 heteroatoms. The van der Waals surface area contributed by atoms with Crippen molar-refractivity contribution in [3.05, 3.63) is 33.4 Å². The van der Waals surface area contributed by atoms with Gasteiger partial charge in [-0.3, -0.25) is 9.59 Å². The largest absolute Gasteiger partial charge is 0.448 e. The minimum Gasteiger partial charge on any atom is -0.448 e. The zero-order valence-corrected chi connectivity index (χ0v) is 15.6. The van der Waals surface area contributed by atoms with Crippen LogP contribution in [0.15, 0.2) is 16.1 Å². The molecule has 0 unspecified atom stereocenters. The van der Waals surface area contributed by atoms with Crippen LogP contribution in [-0.4, -0.2) is 58.8 Å². The van der Waals surface area contributed by atoms with E-state index in [0.717, 1.165) is 12.8 Å². The second kappa shape index (κ2) is 7.53. The molecule has 0 aliphatic heterocycles. The second-order valence-electron chi connectivity index (χ2n) is 6.14. The quantitative estimate of drug-likeness (QED) is 0.767. The van der Waals surface area contributed by atoms with Crippen LogP contribution >= 0.6 is 22.9 Å². The maximum atomic E-state index is 12.4. The second-order valence-corrected chi connectivity index (χ2v) is 7.58. The Labute approximate surface area is 154 Å². The summed E-state index contributed by atoms with van der Waals surface area (Å²) in [6.07, 6.45) is 4.73. The maximum Gasteiger partial charge on any atom is 0.275 e. The summed E-state index contributed by atoms with van der Waals surface area (Å²) in [5, 5.41) is 1.62. The van der Waals surface area contributed by atoms with Gasteiger partial charge in [-0.1, -0.05) is 18.0 Å². The van der Waals surface area contributed by atoms with Gasteiger partial charge in [0.25, 0.3) is 11.8 Å². The van der Waals surface area contributed by atoms with Crippen LogP contribution in [0.4, 0.5) is 0 Å². The highest BCUT2D eigenvalue weighted by Gasteiger charge is 2.26. The Bertz CT molecular complexity index is 771. The van der Waals surface area contributed by atoms with Crippen LogP contribution in [0.5, 0.6) is 0 Å². The van der Waals surface area contributed by atoms with Gasteiger partial charge in [0.15, 0.2) is 16.1 Å². The molecule has 1 aliphatic carbocycles. The minimum atomic E-state index is -0.224. The smallest absolute Gasteiger partial charge is 0.275 e. The van der Waals surface area contributed by atoms with E-state index in [0.29, 0.717) is 40.8 Å². The zero-order chi connectivity index (χ0) is 18.0. The lowest BCUT2D eigenvalue weighted by Gasteiger charge is -2.22. The topological polar surface area (TPSA) is 79.5 Å². The van der Waals surface area contributed by atoms with Crippen LogP contribution < -0.4 is 0 Å². The number of aromatic nitrogens is 2. The van der Waals surface area contributed by atoms with E-state index in [2.05, 4.69) is 9.97 Å². The molecule has 2 aromatic heterocycles. The van der Waals surface area contributed by atoms with Gasteiger partial charge in [-0.15, -0.1) is 11.3 Å². The molecule has 7 nitrogen and oxygen atoms in total. The van der Waals surface area contributed by atoms with Crippen LogP contribution in [0.1, 0.15) is 52.0 Å². The van der Waals surface area contributed by atoms with Crippen molar-refractivity contribution in [2.24, 2.45) is 0 Å². The van der Waals surface area contributed by atoms with E-state index in [1.165, 1.54) is 33.8 Å². The number of hydrogen-bond donors (Lipinski definition) is 0. The van der Waals surface area contributed by atoms with E-state index in [1.54, 1.807) is 19.5 Å². The van der Waals surface area contributed by atoms with Crippen molar-refractivity contribution in [3.63, 3.8) is 0 Å². The number of rotatable bonds is 6. The fourth-order valence-corrected chi connectivity index (χ4v) is 3.21. The summed E-state index contributed by atoms with van der Waals surface area (Å²) in [6.45, 7) is 0.758. The average Bonchev–Trinajstić information content (AvgIpc) is 3.18. The molecule has 134 valence electrons. The van der Waals surface area contributed by atoms with Crippen LogP contribution in [-0.2, 0) is 0 Å². The Balaban J connectivity index is 1.52. The molecule has 2 aromatic rings. The lowest BCUT2D eigenvalue weighted by Crippen LogP contribution is -2.37. The Morgan fingerprint density at radius 1 is 1.20 bits per heavy atom. The van der Waals surface area contributed by atoms with Gasteiger partial charge in [0, 0.05) is 38.5 Å². The van der Waals surface area contributed by atoms with Crippen LogP contribution in [0, 0.1) is 0 Å². The molecule has 2 amide bonds. The van der Waals surface area contributed by atoms with Crippen molar-refractivity contribution >= 4 is 34.8 Å². The lowest BCUT2D eigenvalue weighted by molar-refractivity contribution is 0.0713. The zero-order valence-electron chi connectivity index (χ0n) is 14.1. The van der Waals surface area contributed by atoms with Crippen molar-refractivity contribution in [1.29, 1.82) is 0 Å². The summed E-state index contributed by atoms with van der Waals surface area (Å²) < 4.78 is 5.75. The SMILES string of the molecule is CN(CCN(C)C(=O)c1csc(Cl)n1)C(=O)c1coc(C2CCC2)n1. The van der Waals surface area contributed by atoms with E-state index < -0.39 is 0 Å². The molecule has 0 bridgehead atoms. The molecule has 1 fully saturated rings. The van der Waals surface area contributed by atoms with Crippen molar-refractivity contribution in [3.8, 4) is 0 Å². The summed E-state index contributed by atoms with van der Waals surface area (Å²) in [7, 11) is 3.34. The van der Waals surface area contributed by atoms with Gasteiger partial charge >= 0.3 is 0 Å². The molecule has 0 aromatic carbocycles. The minimum absolute atomic E-state index is 0.216. The van der Waals surface area contributed by atoms with Crippen LogP contribution in [0.2, 0.25) is 4.47 Å². The van der Waals surface area contributed by atoms with Crippen molar-refractivity contribution in [1.82, 2.24) is 19.8 Å². The normalized spacial score (nSPS) is 14.2. The molecule has 1 aliphatic rings. The number of thiazole rings is 1. The number of carbonyl (C=O) groups is 2. The first-order valence-corrected chi connectivity index (χ1v) is 9.29. The number of halogens is 1. The molecule has 0 N–H and O–H groups in total. The molecular formula is C16H19ClN4O3S. The Morgan fingerprint density at radius 2 is 1.84 bits per heavy atom. The first kappa shape index (κ1) is 17.9. The Hall–Kier alpha value is -1.93. The molecular weight excluding hydrogens is 364 g/mol. The van der Waals surface area contributed by atoms with Gasteiger partial charge in [0.2, 0.25) is 0 Å². The summed E-state index contributed by atoms with van der Waals surface area (Å²) in [6, 6.07) is 0. The van der Waals surface area contributed by atoms with Gasteiger partial charge in [-0.05, 0) is 12.8 Å². The van der Waals surface area contributed by atoms with Gasteiger partial charge < -0.3 is 14.2 Å². The first-order valence-electron chi connectivity index (χ1n) is 8.03. The van der Waals surface area contributed by atoms with Crippen molar-refractivity contribution < 1.29 is 14.0 Å². The summed E-state index contributed by atoms with van der Waals surface area (Å²) in [5.41, 5.74) is 0.623. The first-order chi connectivity index (χ1) is 12.0. The molecule has 3 rings (SSSR count). The standard InChI is InChI=1S/C16H19ClN4O3S/c1-20(6-7-21(2)15(23)12-9-25-16(17)19-12)14(22)11-8-24-13(18-11)10-4-3-5-10/h8-10H,3-7H2,1-2H3. The van der Waals surface area contributed by atoms with E-state index >= 15 is 0 Å². The van der Waals surface area contributed by atoms with E-state index in [4.69, 9.17) is 16.0 Å². The van der Waals surface area contributed by atoms with Crippen LogP contribution in [0.3, 0.4) is 0 Å². The highest BCUT2D eigenvalue weighted by Crippen LogP contribution is 2.35. The maximum absolute atomic E-state index is 12.4. The molecule has 2 heterocycles. The summed E-state index contributed by atoms with van der Waals surface area (Å²) >= 11 is 6.96. The van der Waals surface area contributed by atoms with Crippen molar-refractivity contribution in [2.75, 3.05) is 27.2 Å². The molecule has 0 spiro atoms. The predicted molar refractivity (Wildman–Crippen MR) is 94.1 cm³/mol. The fourth-order valence-electron chi connectivity index (χ4n) is 2.47. The number of carbonyl (C=O) groups excluding carboxylic acids is 2. The number of hydrogen-bond acceptors (Lipinski definition) is 6. The molecule has 0 radical (unpaired) electrons.